The van der Waals surface area contributed by atoms with E-state index in [0.717, 1.165) is 10.4 Å². The first kappa shape index (κ1) is 23.7. The molecule has 2 aromatic carbocycles. The van der Waals surface area contributed by atoms with Gasteiger partial charge in [0, 0.05) is 19.1 Å². The monoisotopic (exact) mass is 470 g/mol. The molecule has 0 fully saturated rings. The number of likely N-dealkylation sites (N-methyl/N-ethyl adjacent to an activating group) is 1. The molecular formula is C20H20Cl2N2O5S. The SMILES string of the molecule is C=CCN(c1ccc(Cl)cc1)S(=O)(=O)c1cc(C(=O)OCC(=O)N(C)C)ccc1Cl. The number of halogens is 2. The van der Waals surface area contributed by atoms with E-state index in [1.165, 1.54) is 37.2 Å². The zero-order valence-electron chi connectivity index (χ0n) is 16.3. The van der Waals surface area contributed by atoms with Gasteiger partial charge in [-0.25, -0.2) is 13.2 Å². The molecule has 0 saturated heterocycles. The van der Waals surface area contributed by atoms with Crippen LogP contribution in [0, 0.1) is 0 Å². The third kappa shape index (κ3) is 5.53. The van der Waals surface area contributed by atoms with Gasteiger partial charge in [-0.05, 0) is 42.5 Å². The van der Waals surface area contributed by atoms with Crippen molar-refractivity contribution >= 4 is 50.8 Å². The maximum Gasteiger partial charge on any atom is 0.338 e. The minimum Gasteiger partial charge on any atom is -0.452 e. The summed E-state index contributed by atoms with van der Waals surface area (Å²) in [5, 5.41) is 0.378. The lowest BCUT2D eigenvalue weighted by molar-refractivity contribution is -0.131. The maximum atomic E-state index is 13.3. The molecule has 0 unspecified atom stereocenters. The van der Waals surface area contributed by atoms with Crippen LogP contribution < -0.4 is 4.31 Å². The number of nitrogens with zero attached hydrogens (tertiary/aromatic N) is 2. The van der Waals surface area contributed by atoms with Crippen molar-refractivity contribution in [1.29, 1.82) is 0 Å². The molecule has 0 aliphatic rings. The van der Waals surface area contributed by atoms with Crippen LogP contribution in [0.15, 0.2) is 60.0 Å². The first-order valence-corrected chi connectivity index (χ1v) is 10.8. The summed E-state index contributed by atoms with van der Waals surface area (Å²) in [4.78, 5) is 24.9. The van der Waals surface area contributed by atoms with Crippen LogP contribution in [-0.2, 0) is 19.6 Å². The Bertz CT molecular complexity index is 1050. The summed E-state index contributed by atoms with van der Waals surface area (Å²) in [6, 6.07) is 9.92. The standard InChI is InChI=1S/C20H20Cl2N2O5S/c1-4-11-24(16-8-6-15(21)7-9-16)30(27,28)18-12-14(5-10-17(18)22)20(26)29-13-19(25)23(2)3/h4-10,12H,1,11,13H2,2-3H3. The Kier molecular flexibility index (Phi) is 7.89. The third-order valence-electron chi connectivity index (χ3n) is 3.97. The summed E-state index contributed by atoms with van der Waals surface area (Å²) < 4.78 is 32.7. The van der Waals surface area contributed by atoms with E-state index in [4.69, 9.17) is 27.9 Å². The van der Waals surface area contributed by atoms with Crippen LogP contribution in [0.5, 0.6) is 0 Å². The Balaban J connectivity index is 2.41. The highest BCUT2D eigenvalue weighted by atomic mass is 35.5. The lowest BCUT2D eigenvalue weighted by atomic mass is 10.2. The van der Waals surface area contributed by atoms with Crippen molar-refractivity contribution in [2.45, 2.75) is 4.90 Å². The first-order chi connectivity index (χ1) is 14.1. The quantitative estimate of drug-likeness (QED) is 0.434. The number of rotatable bonds is 8. The van der Waals surface area contributed by atoms with Crippen LogP contribution in [-0.4, -0.2) is 52.4 Å². The van der Waals surface area contributed by atoms with Gasteiger partial charge in [-0.2, -0.15) is 0 Å². The number of anilines is 1. The van der Waals surface area contributed by atoms with E-state index in [-0.39, 0.29) is 22.0 Å². The molecule has 0 aromatic heterocycles. The lowest BCUT2D eigenvalue weighted by Gasteiger charge is -2.24. The highest BCUT2D eigenvalue weighted by molar-refractivity contribution is 7.93. The van der Waals surface area contributed by atoms with Gasteiger partial charge in [-0.15, -0.1) is 6.58 Å². The van der Waals surface area contributed by atoms with Gasteiger partial charge in [-0.1, -0.05) is 29.3 Å². The van der Waals surface area contributed by atoms with Gasteiger partial charge >= 0.3 is 5.97 Å². The summed E-state index contributed by atoms with van der Waals surface area (Å²) in [6.07, 6.45) is 1.42. The molecule has 30 heavy (non-hydrogen) atoms. The fourth-order valence-corrected chi connectivity index (χ4v) is 4.42. The molecule has 2 aromatic rings. The highest BCUT2D eigenvalue weighted by Gasteiger charge is 2.28. The number of esters is 1. The largest absolute Gasteiger partial charge is 0.452 e. The number of ether oxygens (including phenoxy) is 1. The number of hydrogen-bond acceptors (Lipinski definition) is 5. The second-order valence-corrected chi connectivity index (χ2v) is 8.99. The molecule has 160 valence electrons. The van der Waals surface area contributed by atoms with Gasteiger partial charge in [0.1, 0.15) is 4.90 Å². The van der Waals surface area contributed by atoms with Gasteiger partial charge in [-0.3, -0.25) is 9.10 Å². The van der Waals surface area contributed by atoms with E-state index in [1.807, 2.05) is 0 Å². The second kappa shape index (κ2) is 9.97. The van der Waals surface area contributed by atoms with Crippen LogP contribution in [0.25, 0.3) is 0 Å². The Labute approximate surface area is 185 Å². The molecule has 0 aliphatic heterocycles. The number of carbonyl (C=O) groups is 2. The predicted molar refractivity (Wildman–Crippen MR) is 117 cm³/mol. The molecule has 0 spiro atoms. The molecule has 0 N–H and O–H groups in total. The van der Waals surface area contributed by atoms with Crippen LogP contribution in [0.3, 0.4) is 0 Å². The molecule has 0 aliphatic carbocycles. The molecule has 0 atom stereocenters. The Morgan fingerprint density at radius 2 is 1.73 bits per heavy atom. The molecule has 7 nitrogen and oxygen atoms in total. The van der Waals surface area contributed by atoms with Crippen LogP contribution in [0.2, 0.25) is 10.0 Å². The average molecular weight is 471 g/mol. The topological polar surface area (TPSA) is 84.0 Å². The fourth-order valence-electron chi connectivity index (χ4n) is 2.35. The van der Waals surface area contributed by atoms with Gasteiger partial charge in [0.2, 0.25) is 0 Å². The minimum atomic E-state index is -4.16. The zero-order valence-corrected chi connectivity index (χ0v) is 18.7. The summed E-state index contributed by atoms with van der Waals surface area (Å²) in [6.45, 7) is 3.10. The smallest absolute Gasteiger partial charge is 0.338 e. The molecule has 0 heterocycles. The number of hydrogen-bond donors (Lipinski definition) is 0. The van der Waals surface area contributed by atoms with Crippen molar-refractivity contribution in [1.82, 2.24) is 4.90 Å². The van der Waals surface area contributed by atoms with Crippen LogP contribution in [0.1, 0.15) is 10.4 Å². The van der Waals surface area contributed by atoms with Gasteiger partial charge in [0.25, 0.3) is 15.9 Å². The number of sulfonamides is 1. The second-order valence-electron chi connectivity index (χ2n) is 6.31. The molecule has 1 amide bonds. The average Bonchev–Trinajstić information content (AvgIpc) is 2.70. The van der Waals surface area contributed by atoms with Crippen molar-refractivity contribution < 1.29 is 22.7 Å². The molecule has 0 bridgehead atoms. The van der Waals surface area contributed by atoms with Gasteiger partial charge < -0.3 is 9.64 Å². The Morgan fingerprint density at radius 3 is 2.30 bits per heavy atom. The van der Waals surface area contributed by atoms with Gasteiger partial charge in [0.05, 0.1) is 22.8 Å². The van der Waals surface area contributed by atoms with E-state index in [9.17, 15) is 18.0 Å². The third-order valence-corrected chi connectivity index (χ3v) is 6.50. The Hall–Kier alpha value is -2.55. The molecule has 10 heteroatoms. The van der Waals surface area contributed by atoms with E-state index in [2.05, 4.69) is 6.58 Å². The molecule has 2 rings (SSSR count). The number of carbonyl (C=O) groups excluding carboxylic acids is 2. The summed E-state index contributed by atoms with van der Waals surface area (Å²) >= 11 is 12.0. The van der Waals surface area contributed by atoms with Gasteiger partial charge in [0.15, 0.2) is 6.61 Å². The summed E-state index contributed by atoms with van der Waals surface area (Å²) in [5.74, 6) is -1.26. The van der Waals surface area contributed by atoms with Crippen molar-refractivity contribution in [3.8, 4) is 0 Å². The lowest BCUT2D eigenvalue weighted by Crippen LogP contribution is -2.31. The van der Waals surface area contributed by atoms with E-state index < -0.39 is 28.5 Å². The summed E-state index contributed by atoms with van der Waals surface area (Å²) in [7, 11) is -1.11. The first-order valence-electron chi connectivity index (χ1n) is 8.64. The van der Waals surface area contributed by atoms with Crippen molar-refractivity contribution in [3.05, 3.63) is 70.7 Å². The normalized spacial score (nSPS) is 10.9. The maximum absolute atomic E-state index is 13.3. The fraction of sp³-hybridized carbons (Fsp3) is 0.200. The van der Waals surface area contributed by atoms with E-state index in [0.29, 0.717) is 10.7 Å². The van der Waals surface area contributed by atoms with E-state index in [1.54, 1.807) is 24.3 Å². The van der Waals surface area contributed by atoms with Crippen molar-refractivity contribution in [2.75, 3.05) is 31.6 Å². The van der Waals surface area contributed by atoms with E-state index >= 15 is 0 Å². The Morgan fingerprint density at radius 1 is 1.10 bits per heavy atom. The number of benzene rings is 2. The minimum absolute atomic E-state index is 0.0354. The number of amides is 1. The van der Waals surface area contributed by atoms with Crippen molar-refractivity contribution in [3.63, 3.8) is 0 Å². The predicted octanol–water partition coefficient (Wildman–Crippen LogP) is 3.62. The molecule has 0 saturated carbocycles. The molecular weight excluding hydrogens is 451 g/mol. The van der Waals surface area contributed by atoms with Crippen LogP contribution >= 0.6 is 23.2 Å². The molecule has 0 radical (unpaired) electrons. The zero-order chi connectivity index (χ0) is 22.5. The highest BCUT2D eigenvalue weighted by Crippen LogP contribution is 2.30. The summed E-state index contributed by atoms with van der Waals surface area (Å²) in [5.41, 5.74) is 0.291. The van der Waals surface area contributed by atoms with Crippen molar-refractivity contribution in [2.24, 2.45) is 0 Å². The van der Waals surface area contributed by atoms with Crippen LogP contribution in [0.4, 0.5) is 5.69 Å².